The van der Waals surface area contributed by atoms with E-state index in [1.165, 1.54) is 4.90 Å². The molecule has 4 rings (SSSR count). The highest BCUT2D eigenvalue weighted by atomic mass is 16.2. The predicted molar refractivity (Wildman–Crippen MR) is 107 cm³/mol. The van der Waals surface area contributed by atoms with Crippen LogP contribution in [0.15, 0.2) is 47.2 Å². The lowest BCUT2D eigenvalue weighted by molar-refractivity contribution is -0.136. The minimum atomic E-state index is -0.486. The van der Waals surface area contributed by atoms with Gasteiger partial charge in [0.15, 0.2) is 12.2 Å². The molecule has 0 saturated carbocycles. The number of carbonyl (C=O) groups is 2. The van der Waals surface area contributed by atoms with Gasteiger partial charge in [-0.15, -0.1) is 0 Å². The first-order chi connectivity index (χ1) is 13.4. The van der Waals surface area contributed by atoms with E-state index in [0.29, 0.717) is 18.9 Å². The van der Waals surface area contributed by atoms with E-state index in [2.05, 4.69) is 18.7 Å². The number of fused-ring (bicyclic) bond motifs is 3. The maximum absolute atomic E-state index is 13.3. The van der Waals surface area contributed by atoms with Gasteiger partial charge in [0.2, 0.25) is 5.96 Å². The molecule has 3 heterocycles. The topological polar surface area (TPSA) is 59.5 Å². The summed E-state index contributed by atoms with van der Waals surface area (Å²) in [7, 11) is 1.73. The lowest BCUT2D eigenvalue weighted by Gasteiger charge is -2.40. The normalized spacial score (nSPS) is 24.0. The highest BCUT2D eigenvalue weighted by molar-refractivity contribution is 6.04. The number of rotatable bonds is 5. The van der Waals surface area contributed by atoms with Gasteiger partial charge in [-0.1, -0.05) is 44.2 Å². The number of hydrogen-bond donors (Lipinski definition) is 0. The second-order valence-electron chi connectivity index (χ2n) is 8.09. The highest BCUT2D eigenvalue weighted by Gasteiger charge is 2.54. The van der Waals surface area contributed by atoms with E-state index < -0.39 is 12.2 Å². The van der Waals surface area contributed by atoms with Crippen LogP contribution in [0.1, 0.15) is 26.3 Å². The number of imide groups is 1. The van der Waals surface area contributed by atoms with Crippen molar-refractivity contribution in [3.8, 4) is 0 Å². The molecular weight excluding hydrogens is 354 g/mol. The second-order valence-corrected chi connectivity index (χ2v) is 8.09. The zero-order valence-corrected chi connectivity index (χ0v) is 16.9. The van der Waals surface area contributed by atoms with Gasteiger partial charge in [0.25, 0.3) is 5.91 Å². The van der Waals surface area contributed by atoms with Crippen LogP contribution in [0.2, 0.25) is 0 Å². The van der Waals surface area contributed by atoms with Crippen molar-refractivity contribution in [3.63, 3.8) is 0 Å². The standard InChI is InChI=1S/C21H27N5O2/c1-14(2)12-25-15(3)13-26-17-18(22-20(25)26)23(4)21(28)24(19(17)27)11-10-16-8-6-5-7-9-16/h5-9,13-14,17-18H,10-12H2,1-4H3. The van der Waals surface area contributed by atoms with E-state index in [0.717, 1.165) is 23.8 Å². The Hall–Kier alpha value is -2.83. The Balaban J connectivity index is 1.56. The third-order valence-corrected chi connectivity index (χ3v) is 5.52. The molecule has 148 valence electrons. The summed E-state index contributed by atoms with van der Waals surface area (Å²) >= 11 is 0. The molecule has 0 N–H and O–H groups in total. The second kappa shape index (κ2) is 6.96. The van der Waals surface area contributed by atoms with Crippen LogP contribution in [-0.4, -0.2) is 69.8 Å². The SMILES string of the molecule is CC1=CN2C(=NC3C2C(=O)N(CCc2ccccc2)C(=O)N3C)N1CC(C)C. The van der Waals surface area contributed by atoms with Crippen LogP contribution in [0.25, 0.3) is 0 Å². The third kappa shape index (κ3) is 2.95. The third-order valence-electron chi connectivity index (χ3n) is 5.52. The molecule has 1 aromatic rings. The molecule has 3 aliphatic heterocycles. The van der Waals surface area contributed by atoms with E-state index in [4.69, 9.17) is 4.99 Å². The van der Waals surface area contributed by atoms with Gasteiger partial charge in [-0.25, -0.2) is 9.79 Å². The van der Waals surface area contributed by atoms with Crippen molar-refractivity contribution in [1.82, 2.24) is 19.6 Å². The summed E-state index contributed by atoms with van der Waals surface area (Å²) in [6.45, 7) is 7.56. The van der Waals surface area contributed by atoms with Gasteiger partial charge in [-0.3, -0.25) is 9.69 Å². The predicted octanol–water partition coefficient (Wildman–Crippen LogP) is 2.32. The first kappa shape index (κ1) is 18.5. The first-order valence-electron chi connectivity index (χ1n) is 9.82. The van der Waals surface area contributed by atoms with Gasteiger partial charge >= 0.3 is 6.03 Å². The molecule has 3 amide bonds. The number of guanidine groups is 1. The van der Waals surface area contributed by atoms with Crippen LogP contribution < -0.4 is 0 Å². The maximum Gasteiger partial charge on any atom is 0.328 e. The molecule has 2 unspecified atom stereocenters. The summed E-state index contributed by atoms with van der Waals surface area (Å²) in [6, 6.07) is 9.16. The largest absolute Gasteiger partial charge is 0.328 e. The number of urea groups is 1. The van der Waals surface area contributed by atoms with E-state index in [1.54, 1.807) is 11.9 Å². The highest BCUT2D eigenvalue weighted by Crippen LogP contribution is 2.34. The molecule has 0 radical (unpaired) electrons. The van der Waals surface area contributed by atoms with Crippen molar-refractivity contribution < 1.29 is 9.59 Å². The van der Waals surface area contributed by atoms with Crippen molar-refractivity contribution in [2.75, 3.05) is 20.1 Å². The Kier molecular flexibility index (Phi) is 4.61. The summed E-state index contributed by atoms with van der Waals surface area (Å²) in [5.41, 5.74) is 2.19. The summed E-state index contributed by atoms with van der Waals surface area (Å²) < 4.78 is 0. The molecular formula is C21H27N5O2. The Morgan fingerprint density at radius 2 is 1.82 bits per heavy atom. The number of amides is 3. The van der Waals surface area contributed by atoms with E-state index >= 15 is 0 Å². The van der Waals surface area contributed by atoms with Crippen molar-refractivity contribution in [1.29, 1.82) is 0 Å². The quantitative estimate of drug-likeness (QED) is 0.785. The fourth-order valence-corrected chi connectivity index (χ4v) is 4.08. The molecule has 0 aromatic heterocycles. The molecule has 1 fully saturated rings. The fraction of sp³-hybridized carbons (Fsp3) is 0.476. The molecule has 3 aliphatic rings. The van der Waals surface area contributed by atoms with Gasteiger partial charge in [-0.05, 0) is 24.8 Å². The number of allylic oxidation sites excluding steroid dienone is 1. The average molecular weight is 381 g/mol. The molecule has 7 heteroatoms. The molecule has 0 aliphatic carbocycles. The van der Waals surface area contributed by atoms with Gasteiger partial charge in [-0.2, -0.15) is 0 Å². The van der Waals surface area contributed by atoms with Crippen molar-refractivity contribution in [2.24, 2.45) is 10.9 Å². The molecule has 1 aromatic carbocycles. The van der Waals surface area contributed by atoms with Crippen LogP contribution in [-0.2, 0) is 11.2 Å². The lowest BCUT2D eigenvalue weighted by Crippen LogP contribution is -2.64. The number of carbonyl (C=O) groups excluding carboxylic acids is 2. The number of nitrogens with zero attached hydrogens (tertiary/aromatic N) is 5. The van der Waals surface area contributed by atoms with Gasteiger partial charge in [0.1, 0.15) is 0 Å². The molecule has 28 heavy (non-hydrogen) atoms. The van der Waals surface area contributed by atoms with Crippen LogP contribution in [0.5, 0.6) is 0 Å². The fourth-order valence-electron chi connectivity index (χ4n) is 4.08. The van der Waals surface area contributed by atoms with E-state index in [1.807, 2.05) is 48.4 Å². The molecule has 0 spiro atoms. The smallest absolute Gasteiger partial charge is 0.315 e. The summed E-state index contributed by atoms with van der Waals surface area (Å²) in [4.78, 5) is 38.0. The average Bonchev–Trinajstić information content (AvgIpc) is 3.17. The minimum absolute atomic E-state index is 0.168. The summed E-state index contributed by atoms with van der Waals surface area (Å²) in [5, 5.41) is 0. The first-order valence-corrected chi connectivity index (χ1v) is 9.82. The molecule has 1 saturated heterocycles. The van der Waals surface area contributed by atoms with Gasteiger partial charge < -0.3 is 14.7 Å². The van der Waals surface area contributed by atoms with Gasteiger partial charge in [0.05, 0.1) is 0 Å². The van der Waals surface area contributed by atoms with Gasteiger partial charge in [0, 0.05) is 32.0 Å². The summed E-state index contributed by atoms with van der Waals surface area (Å²) in [6.07, 6.45) is 2.16. The minimum Gasteiger partial charge on any atom is -0.315 e. The number of benzene rings is 1. The Morgan fingerprint density at radius 3 is 2.50 bits per heavy atom. The van der Waals surface area contributed by atoms with Crippen molar-refractivity contribution in [3.05, 3.63) is 47.8 Å². The van der Waals surface area contributed by atoms with Crippen LogP contribution in [0.4, 0.5) is 4.79 Å². The molecule has 0 bridgehead atoms. The number of aliphatic imine (C=N–C) groups is 1. The lowest BCUT2D eigenvalue weighted by atomic mass is 10.1. The van der Waals surface area contributed by atoms with Crippen molar-refractivity contribution >= 4 is 17.9 Å². The van der Waals surface area contributed by atoms with Crippen molar-refractivity contribution in [2.45, 2.75) is 39.4 Å². The number of likely N-dealkylation sites (N-methyl/N-ethyl adjacent to an activating group) is 1. The Labute approximate surface area is 165 Å². The zero-order chi connectivity index (χ0) is 20.0. The Bertz CT molecular complexity index is 848. The number of hydrogen-bond acceptors (Lipinski definition) is 5. The monoisotopic (exact) mass is 381 g/mol. The molecule has 7 nitrogen and oxygen atoms in total. The van der Waals surface area contributed by atoms with E-state index in [-0.39, 0.29) is 11.9 Å². The maximum atomic E-state index is 13.3. The van der Waals surface area contributed by atoms with Crippen LogP contribution in [0, 0.1) is 5.92 Å². The van der Waals surface area contributed by atoms with E-state index in [9.17, 15) is 9.59 Å². The van der Waals surface area contributed by atoms with Crippen LogP contribution >= 0.6 is 0 Å². The zero-order valence-electron chi connectivity index (χ0n) is 16.9. The molecule has 2 atom stereocenters. The summed E-state index contributed by atoms with van der Waals surface area (Å²) in [5.74, 6) is 1.07. The Morgan fingerprint density at radius 1 is 1.11 bits per heavy atom. The van der Waals surface area contributed by atoms with Crippen LogP contribution in [0.3, 0.4) is 0 Å².